The average molecular weight is 310 g/mol. The fraction of sp³-hybridized carbons (Fsp3) is 0.647. The van der Waals surface area contributed by atoms with Gasteiger partial charge in [-0.15, -0.1) is 0 Å². The van der Waals surface area contributed by atoms with E-state index in [1.54, 1.807) is 0 Å². The number of nitrogens with zero attached hydrogens (tertiary/aromatic N) is 2. The summed E-state index contributed by atoms with van der Waals surface area (Å²) in [7, 11) is 0. The van der Waals surface area contributed by atoms with E-state index in [0.717, 1.165) is 44.3 Å². The molecule has 0 spiro atoms. The molecular weight excluding hydrogens is 282 g/mol. The second-order valence-electron chi connectivity index (χ2n) is 6.80. The maximum atomic E-state index is 6.22. The highest BCUT2D eigenvalue weighted by Crippen LogP contribution is 2.26. The van der Waals surface area contributed by atoms with Gasteiger partial charge in [-0.05, 0) is 45.0 Å². The summed E-state index contributed by atoms with van der Waals surface area (Å²) in [6.45, 7) is 15.3. The zero-order valence-corrected chi connectivity index (χ0v) is 14.5. The lowest BCUT2D eigenvalue weighted by Gasteiger charge is -2.37. The first-order valence-electron chi connectivity index (χ1n) is 7.90. The van der Waals surface area contributed by atoms with Gasteiger partial charge in [0.2, 0.25) is 0 Å². The molecule has 0 amide bonds. The van der Waals surface area contributed by atoms with Crippen LogP contribution in [0.25, 0.3) is 0 Å². The van der Waals surface area contributed by atoms with Crippen LogP contribution in [0.5, 0.6) is 0 Å². The maximum absolute atomic E-state index is 6.22. The SMILES string of the molecule is CCN1CCN(c2cc(Cl)ccc2CNC(C)(C)C)CC1. The van der Waals surface area contributed by atoms with E-state index in [9.17, 15) is 0 Å². The lowest BCUT2D eigenvalue weighted by molar-refractivity contribution is 0.271. The number of nitrogens with one attached hydrogen (secondary N) is 1. The van der Waals surface area contributed by atoms with Gasteiger partial charge in [0.05, 0.1) is 0 Å². The normalized spacial score (nSPS) is 17.3. The van der Waals surface area contributed by atoms with Crippen molar-refractivity contribution in [3.63, 3.8) is 0 Å². The molecule has 1 aromatic rings. The Balaban J connectivity index is 2.12. The first-order chi connectivity index (χ1) is 9.89. The van der Waals surface area contributed by atoms with Crippen molar-refractivity contribution >= 4 is 17.3 Å². The fourth-order valence-electron chi connectivity index (χ4n) is 2.65. The molecule has 3 nitrogen and oxygen atoms in total. The molecule has 2 rings (SSSR count). The summed E-state index contributed by atoms with van der Waals surface area (Å²) in [6.07, 6.45) is 0. The number of piperazine rings is 1. The van der Waals surface area contributed by atoms with Crippen LogP contribution in [0.3, 0.4) is 0 Å². The zero-order valence-electron chi connectivity index (χ0n) is 13.7. The third-order valence-corrected chi connectivity index (χ3v) is 4.25. The van der Waals surface area contributed by atoms with Crippen molar-refractivity contribution in [3.8, 4) is 0 Å². The van der Waals surface area contributed by atoms with Crippen molar-refractivity contribution in [1.82, 2.24) is 10.2 Å². The first kappa shape index (κ1) is 16.6. The third kappa shape index (κ3) is 4.87. The standard InChI is InChI=1S/C17H28ClN3/c1-5-20-8-10-21(11-9-20)16-12-15(18)7-6-14(16)13-19-17(2,3)4/h6-7,12,19H,5,8-11,13H2,1-4H3. The highest BCUT2D eigenvalue weighted by Gasteiger charge is 2.19. The number of anilines is 1. The van der Waals surface area contributed by atoms with Crippen LogP contribution in [-0.2, 0) is 6.54 Å². The van der Waals surface area contributed by atoms with E-state index in [0.29, 0.717) is 0 Å². The van der Waals surface area contributed by atoms with Crippen LogP contribution in [-0.4, -0.2) is 43.2 Å². The summed E-state index contributed by atoms with van der Waals surface area (Å²) in [5.74, 6) is 0. The van der Waals surface area contributed by atoms with E-state index in [2.05, 4.69) is 54.9 Å². The topological polar surface area (TPSA) is 18.5 Å². The lowest BCUT2D eigenvalue weighted by Crippen LogP contribution is -2.46. The molecule has 0 unspecified atom stereocenters. The van der Waals surface area contributed by atoms with Crippen molar-refractivity contribution in [3.05, 3.63) is 28.8 Å². The Bertz CT molecular complexity index is 460. The quantitative estimate of drug-likeness (QED) is 0.920. The van der Waals surface area contributed by atoms with Crippen LogP contribution < -0.4 is 10.2 Å². The highest BCUT2D eigenvalue weighted by atomic mass is 35.5. The zero-order chi connectivity index (χ0) is 15.5. The van der Waals surface area contributed by atoms with Crippen molar-refractivity contribution in [2.24, 2.45) is 0 Å². The summed E-state index contributed by atoms with van der Waals surface area (Å²) >= 11 is 6.22. The van der Waals surface area contributed by atoms with Crippen LogP contribution in [0.15, 0.2) is 18.2 Å². The van der Waals surface area contributed by atoms with Crippen molar-refractivity contribution < 1.29 is 0 Å². The molecule has 1 aliphatic rings. The average Bonchev–Trinajstić information content (AvgIpc) is 2.45. The minimum Gasteiger partial charge on any atom is -0.369 e. The van der Waals surface area contributed by atoms with Gasteiger partial charge in [-0.1, -0.05) is 24.6 Å². The van der Waals surface area contributed by atoms with Gasteiger partial charge in [-0.25, -0.2) is 0 Å². The number of hydrogen-bond donors (Lipinski definition) is 1. The van der Waals surface area contributed by atoms with Gasteiger partial charge in [-0.3, -0.25) is 0 Å². The summed E-state index contributed by atoms with van der Waals surface area (Å²) < 4.78 is 0. The Morgan fingerprint density at radius 2 is 1.81 bits per heavy atom. The van der Waals surface area contributed by atoms with Gasteiger partial charge < -0.3 is 15.1 Å². The largest absolute Gasteiger partial charge is 0.369 e. The van der Waals surface area contributed by atoms with E-state index in [4.69, 9.17) is 11.6 Å². The molecular formula is C17H28ClN3. The first-order valence-corrected chi connectivity index (χ1v) is 8.27. The number of rotatable bonds is 4. The van der Waals surface area contributed by atoms with Crippen molar-refractivity contribution in [2.45, 2.75) is 39.8 Å². The number of hydrogen-bond acceptors (Lipinski definition) is 3. The van der Waals surface area contributed by atoms with E-state index in [1.807, 2.05) is 6.07 Å². The van der Waals surface area contributed by atoms with Gasteiger partial charge in [0.15, 0.2) is 0 Å². The summed E-state index contributed by atoms with van der Waals surface area (Å²) in [4.78, 5) is 4.96. The van der Waals surface area contributed by atoms with E-state index >= 15 is 0 Å². The second kappa shape index (κ2) is 6.99. The predicted molar refractivity (Wildman–Crippen MR) is 92.4 cm³/mol. The van der Waals surface area contributed by atoms with Gasteiger partial charge in [0.1, 0.15) is 0 Å². The molecule has 0 radical (unpaired) electrons. The fourth-order valence-corrected chi connectivity index (χ4v) is 2.81. The molecule has 4 heteroatoms. The molecule has 118 valence electrons. The van der Waals surface area contributed by atoms with Gasteiger partial charge in [0.25, 0.3) is 0 Å². The molecule has 1 aromatic carbocycles. The minimum atomic E-state index is 0.123. The minimum absolute atomic E-state index is 0.123. The molecule has 1 N–H and O–H groups in total. The molecule has 1 heterocycles. The van der Waals surface area contributed by atoms with Crippen LogP contribution in [0.1, 0.15) is 33.3 Å². The Morgan fingerprint density at radius 3 is 2.38 bits per heavy atom. The Kier molecular flexibility index (Phi) is 5.53. The lowest BCUT2D eigenvalue weighted by atomic mass is 10.1. The predicted octanol–water partition coefficient (Wildman–Crippen LogP) is 3.37. The van der Waals surface area contributed by atoms with Gasteiger partial charge >= 0.3 is 0 Å². The summed E-state index contributed by atoms with van der Waals surface area (Å²) in [5.41, 5.74) is 2.74. The molecule has 0 atom stereocenters. The van der Waals surface area contributed by atoms with E-state index in [1.165, 1.54) is 11.3 Å². The molecule has 1 fully saturated rings. The van der Waals surface area contributed by atoms with Crippen LogP contribution in [0, 0.1) is 0 Å². The number of benzene rings is 1. The Morgan fingerprint density at radius 1 is 1.14 bits per heavy atom. The van der Waals surface area contributed by atoms with Crippen molar-refractivity contribution in [2.75, 3.05) is 37.6 Å². The smallest absolute Gasteiger partial charge is 0.0427 e. The van der Waals surface area contributed by atoms with Crippen LogP contribution in [0.4, 0.5) is 5.69 Å². The molecule has 0 saturated carbocycles. The number of likely N-dealkylation sites (N-methyl/N-ethyl adjacent to an activating group) is 1. The Hall–Kier alpha value is -0.770. The van der Waals surface area contributed by atoms with Crippen molar-refractivity contribution in [1.29, 1.82) is 0 Å². The van der Waals surface area contributed by atoms with Crippen LogP contribution in [0.2, 0.25) is 5.02 Å². The monoisotopic (exact) mass is 309 g/mol. The molecule has 1 saturated heterocycles. The van der Waals surface area contributed by atoms with Gasteiger partial charge in [-0.2, -0.15) is 0 Å². The molecule has 21 heavy (non-hydrogen) atoms. The summed E-state index contributed by atoms with van der Waals surface area (Å²) in [5, 5.41) is 4.40. The number of halogens is 1. The van der Waals surface area contributed by atoms with Gasteiger partial charge in [0, 0.05) is 49.0 Å². The van der Waals surface area contributed by atoms with Crippen LogP contribution >= 0.6 is 11.6 Å². The maximum Gasteiger partial charge on any atom is 0.0427 e. The van der Waals surface area contributed by atoms with E-state index in [-0.39, 0.29) is 5.54 Å². The molecule has 0 aliphatic carbocycles. The third-order valence-electron chi connectivity index (χ3n) is 4.02. The molecule has 0 bridgehead atoms. The molecule has 1 aliphatic heterocycles. The second-order valence-corrected chi connectivity index (χ2v) is 7.23. The highest BCUT2D eigenvalue weighted by molar-refractivity contribution is 6.30. The summed E-state index contributed by atoms with van der Waals surface area (Å²) in [6, 6.07) is 6.26. The Labute approximate surface area is 134 Å². The molecule has 0 aromatic heterocycles. The van der Waals surface area contributed by atoms with E-state index < -0.39 is 0 Å².